The Hall–Kier alpha value is -0.960. The van der Waals surface area contributed by atoms with Gasteiger partial charge in [-0.2, -0.15) is 0 Å². The molecule has 0 spiro atoms. The van der Waals surface area contributed by atoms with Crippen molar-refractivity contribution in [3.8, 4) is 0 Å². The Morgan fingerprint density at radius 1 is 1.00 bits per heavy atom. The first-order valence-corrected chi connectivity index (χ1v) is 10.4. The summed E-state index contributed by atoms with van der Waals surface area (Å²) >= 11 is 1.69. The number of amidine groups is 1. The maximum atomic E-state index is 4.93. The number of nitrogens with one attached hydrogen (secondary N) is 1. The molecule has 0 saturated carbocycles. The molecule has 0 radical (unpaired) electrons. The van der Waals surface area contributed by atoms with Gasteiger partial charge in [-0.15, -0.1) is 0 Å². The maximum absolute atomic E-state index is 4.93. The summed E-state index contributed by atoms with van der Waals surface area (Å²) in [5, 5.41) is 4.66. The van der Waals surface area contributed by atoms with E-state index in [4.69, 9.17) is 4.99 Å². The molecule has 0 aliphatic carbocycles. The summed E-state index contributed by atoms with van der Waals surface area (Å²) < 4.78 is 0. The highest BCUT2D eigenvalue weighted by Gasteiger charge is 2.20. The minimum absolute atomic E-state index is 0.0323. The van der Waals surface area contributed by atoms with E-state index in [9.17, 15) is 0 Å². The number of hydrogen-bond acceptors (Lipinski definition) is 2. The van der Waals surface area contributed by atoms with Gasteiger partial charge in [0.15, 0.2) is 5.17 Å². The van der Waals surface area contributed by atoms with Crippen LogP contribution in [0.2, 0.25) is 0 Å². The van der Waals surface area contributed by atoms with E-state index < -0.39 is 0 Å². The van der Waals surface area contributed by atoms with Crippen LogP contribution in [0.25, 0.3) is 0 Å². The van der Waals surface area contributed by atoms with Gasteiger partial charge in [0.1, 0.15) is 0 Å². The first-order chi connectivity index (χ1) is 11.1. The Morgan fingerprint density at radius 2 is 1.50 bits per heavy atom. The van der Waals surface area contributed by atoms with Crippen molar-refractivity contribution in [2.24, 2.45) is 4.99 Å². The maximum Gasteiger partial charge on any atom is 0.161 e. The Bertz CT molecular complexity index is 555. The van der Waals surface area contributed by atoms with E-state index in [2.05, 4.69) is 79.1 Å². The van der Waals surface area contributed by atoms with Crippen LogP contribution in [0.5, 0.6) is 0 Å². The molecule has 1 aromatic carbocycles. The summed E-state index contributed by atoms with van der Waals surface area (Å²) in [6.07, 6.45) is 5.18. The number of aliphatic imine (C=N–C) groups is 1. The highest BCUT2D eigenvalue weighted by atomic mass is 32.2. The van der Waals surface area contributed by atoms with Gasteiger partial charge in [0.2, 0.25) is 0 Å². The van der Waals surface area contributed by atoms with Crippen molar-refractivity contribution in [1.29, 1.82) is 0 Å². The molecular formula is C21H36N2S. The van der Waals surface area contributed by atoms with Gasteiger partial charge in [0.25, 0.3) is 0 Å². The van der Waals surface area contributed by atoms with E-state index in [1.165, 1.54) is 22.4 Å². The lowest BCUT2D eigenvalue weighted by Crippen LogP contribution is -2.21. The number of thioether (sulfide) groups is 1. The quantitative estimate of drug-likeness (QED) is 0.490. The van der Waals surface area contributed by atoms with E-state index in [-0.39, 0.29) is 11.0 Å². The molecule has 0 bridgehead atoms. The predicted octanol–water partition coefficient (Wildman–Crippen LogP) is 6.43. The van der Waals surface area contributed by atoms with Crippen LogP contribution in [0.1, 0.15) is 78.5 Å². The summed E-state index contributed by atoms with van der Waals surface area (Å²) in [6.45, 7) is 17.9. The predicted molar refractivity (Wildman–Crippen MR) is 113 cm³/mol. The fraction of sp³-hybridized carbons (Fsp3) is 0.667. The lowest BCUT2D eigenvalue weighted by atomic mass is 9.83. The molecule has 24 heavy (non-hydrogen) atoms. The van der Waals surface area contributed by atoms with Crippen molar-refractivity contribution in [1.82, 2.24) is 0 Å². The zero-order valence-electron chi connectivity index (χ0n) is 17.1. The molecule has 0 aliphatic rings. The second-order valence-electron chi connectivity index (χ2n) is 8.04. The van der Waals surface area contributed by atoms with Crippen LogP contribution >= 0.6 is 11.8 Å². The molecule has 0 unspecified atom stereocenters. The van der Waals surface area contributed by atoms with Crippen LogP contribution in [0.15, 0.2) is 17.1 Å². The van der Waals surface area contributed by atoms with Gasteiger partial charge in [-0.25, -0.2) is 0 Å². The van der Waals surface area contributed by atoms with Gasteiger partial charge >= 0.3 is 0 Å². The number of benzene rings is 1. The van der Waals surface area contributed by atoms with Crippen molar-refractivity contribution in [2.75, 3.05) is 11.6 Å². The fourth-order valence-corrected chi connectivity index (χ4v) is 3.05. The number of hydrogen-bond donors (Lipinski definition) is 1. The van der Waals surface area contributed by atoms with Crippen molar-refractivity contribution in [2.45, 2.75) is 85.6 Å². The van der Waals surface area contributed by atoms with Crippen LogP contribution in [0.3, 0.4) is 0 Å². The van der Waals surface area contributed by atoms with Crippen molar-refractivity contribution in [3.05, 3.63) is 28.8 Å². The van der Waals surface area contributed by atoms with E-state index >= 15 is 0 Å². The van der Waals surface area contributed by atoms with Gasteiger partial charge < -0.3 is 5.32 Å². The topological polar surface area (TPSA) is 24.4 Å². The van der Waals surface area contributed by atoms with Crippen LogP contribution in [-0.4, -0.2) is 17.0 Å². The summed E-state index contributed by atoms with van der Waals surface area (Å²) in [4.78, 5) is 4.93. The molecule has 1 aromatic rings. The zero-order valence-corrected chi connectivity index (χ0v) is 17.9. The molecule has 1 rings (SSSR count). The SMILES string of the molecule is CCc1cc(C(C)(C)C)cc(CC)c1NC(=NC(C)(C)CC)SC. The third kappa shape index (κ3) is 5.54. The molecule has 0 saturated heterocycles. The molecule has 136 valence electrons. The lowest BCUT2D eigenvalue weighted by Gasteiger charge is -2.25. The molecular weight excluding hydrogens is 312 g/mol. The summed E-state index contributed by atoms with van der Waals surface area (Å²) in [7, 11) is 0. The Kier molecular flexibility index (Phi) is 7.40. The largest absolute Gasteiger partial charge is 0.335 e. The number of nitrogens with zero attached hydrogens (tertiary/aromatic N) is 1. The van der Waals surface area contributed by atoms with Crippen molar-refractivity contribution >= 4 is 22.6 Å². The molecule has 0 aliphatic heterocycles. The first kappa shape index (κ1) is 21.1. The monoisotopic (exact) mass is 348 g/mol. The van der Waals surface area contributed by atoms with Crippen LogP contribution < -0.4 is 5.32 Å². The van der Waals surface area contributed by atoms with E-state index in [0.29, 0.717) is 0 Å². The number of aryl methyl sites for hydroxylation is 2. The van der Waals surface area contributed by atoms with Gasteiger partial charge in [0.05, 0.1) is 5.54 Å². The van der Waals surface area contributed by atoms with Gasteiger partial charge in [-0.3, -0.25) is 4.99 Å². The third-order valence-corrected chi connectivity index (χ3v) is 5.20. The molecule has 3 heteroatoms. The molecule has 0 fully saturated rings. The highest BCUT2D eigenvalue weighted by molar-refractivity contribution is 8.13. The molecule has 0 atom stereocenters. The smallest absolute Gasteiger partial charge is 0.161 e. The van der Waals surface area contributed by atoms with Crippen LogP contribution in [0.4, 0.5) is 5.69 Å². The fourth-order valence-electron chi connectivity index (χ4n) is 2.50. The summed E-state index contributed by atoms with van der Waals surface area (Å²) in [5.74, 6) is 0. The molecule has 0 heterocycles. The molecule has 0 aromatic heterocycles. The highest BCUT2D eigenvalue weighted by Crippen LogP contribution is 2.32. The van der Waals surface area contributed by atoms with E-state index in [1.54, 1.807) is 11.8 Å². The summed E-state index contributed by atoms with van der Waals surface area (Å²) in [5.41, 5.74) is 5.58. The number of rotatable bonds is 5. The molecule has 0 amide bonds. The third-order valence-electron chi connectivity index (χ3n) is 4.62. The number of anilines is 1. The normalized spacial score (nSPS) is 13.3. The molecule has 2 nitrogen and oxygen atoms in total. The van der Waals surface area contributed by atoms with Crippen LogP contribution in [-0.2, 0) is 18.3 Å². The minimum atomic E-state index is -0.0323. The van der Waals surface area contributed by atoms with E-state index in [0.717, 1.165) is 24.4 Å². The Morgan fingerprint density at radius 3 is 1.83 bits per heavy atom. The zero-order chi connectivity index (χ0) is 18.5. The van der Waals surface area contributed by atoms with E-state index in [1.807, 2.05) is 0 Å². The minimum Gasteiger partial charge on any atom is -0.335 e. The van der Waals surface area contributed by atoms with Gasteiger partial charge in [-0.05, 0) is 61.5 Å². The van der Waals surface area contributed by atoms with Crippen molar-refractivity contribution < 1.29 is 0 Å². The lowest BCUT2D eigenvalue weighted by molar-refractivity contribution is 0.506. The first-order valence-electron chi connectivity index (χ1n) is 9.15. The molecule has 1 N–H and O–H groups in total. The second kappa shape index (κ2) is 8.42. The van der Waals surface area contributed by atoms with Gasteiger partial charge in [-0.1, -0.05) is 65.4 Å². The average Bonchev–Trinajstić information content (AvgIpc) is 2.52. The Labute approximate surface area is 153 Å². The van der Waals surface area contributed by atoms with Gasteiger partial charge in [0, 0.05) is 5.69 Å². The Balaban J connectivity index is 3.37. The second-order valence-corrected chi connectivity index (χ2v) is 8.83. The summed E-state index contributed by atoms with van der Waals surface area (Å²) in [6, 6.07) is 4.73. The average molecular weight is 349 g/mol. The standard InChI is InChI=1S/C21H36N2S/c1-10-15-13-17(20(4,5)6)14-16(11-2)18(15)22-19(24-9)23-21(7,8)12-3/h13-14H,10-12H2,1-9H3,(H,22,23). The van der Waals surface area contributed by atoms with Crippen molar-refractivity contribution in [3.63, 3.8) is 0 Å². The van der Waals surface area contributed by atoms with Crippen LogP contribution in [0, 0.1) is 0 Å².